The van der Waals surface area contributed by atoms with Crippen molar-refractivity contribution in [3.05, 3.63) is 0 Å². The van der Waals surface area contributed by atoms with Crippen molar-refractivity contribution >= 4 is 11.8 Å². The molecule has 0 aromatic carbocycles. The number of rotatable bonds is 1. The Bertz CT molecular complexity index is 341. The summed E-state index contributed by atoms with van der Waals surface area (Å²) in [6.07, 6.45) is 0.901. The highest BCUT2D eigenvalue weighted by Gasteiger charge is 2.43. The molecule has 1 N–H and O–H groups in total. The highest BCUT2D eigenvalue weighted by atomic mass is 16.5. The van der Waals surface area contributed by atoms with Crippen LogP contribution in [-0.2, 0) is 14.3 Å². The molecule has 2 saturated heterocycles. The Morgan fingerprint density at radius 2 is 2.24 bits per heavy atom. The van der Waals surface area contributed by atoms with Gasteiger partial charge >= 0.3 is 0 Å². The van der Waals surface area contributed by atoms with Crippen molar-refractivity contribution in [2.45, 2.75) is 38.8 Å². The normalized spacial score (nSPS) is 32.4. The first-order valence-electron chi connectivity index (χ1n) is 6.14. The van der Waals surface area contributed by atoms with Crippen molar-refractivity contribution in [1.29, 1.82) is 0 Å². The van der Waals surface area contributed by atoms with Gasteiger partial charge in [-0.25, -0.2) is 0 Å². The van der Waals surface area contributed by atoms with Gasteiger partial charge in [0.1, 0.15) is 5.54 Å². The molecule has 0 aliphatic carbocycles. The minimum absolute atomic E-state index is 0.0502. The van der Waals surface area contributed by atoms with Gasteiger partial charge in [0, 0.05) is 13.1 Å². The average Bonchev–Trinajstić information content (AvgIpc) is 2.68. The van der Waals surface area contributed by atoms with Crippen LogP contribution in [0.3, 0.4) is 0 Å². The number of nitrogens with zero attached hydrogens (tertiary/aromatic N) is 1. The largest absolute Gasteiger partial charge is 0.378 e. The Labute approximate surface area is 101 Å². The van der Waals surface area contributed by atoms with Crippen molar-refractivity contribution in [3.8, 4) is 0 Å². The Morgan fingerprint density at radius 3 is 2.82 bits per heavy atom. The molecule has 2 rings (SSSR count). The van der Waals surface area contributed by atoms with E-state index in [0.717, 1.165) is 6.42 Å². The van der Waals surface area contributed by atoms with Gasteiger partial charge in [0.25, 0.3) is 0 Å². The zero-order valence-electron chi connectivity index (χ0n) is 10.7. The molecule has 5 heteroatoms. The predicted molar refractivity (Wildman–Crippen MR) is 62.3 cm³/mol. The standard InChI is InChI=1S/C12H20N2O3/c1-8-6-9(7-17-8)10(15)14-5-4-13-11(16)12(14,2)3/h8-9H,4-7H2,1-3H3,(H,13,16). The summed E-state index contributed by atoms with van der Waals surface area (Å²) in [6.45, 7) is 7.16. The highest BCUT2D eigenvalue weighted by molar-refractivity contribution is 5.92. The maximum Gasteiger partial charge on any atom is 0.245 e. The van der Waals surface area contributed by atoms with E-state index in [0.29, 0.717) is 19.7 Å². The summed E-state index contributed by atoms with van der Waals surface area (Å²) in [4.78, 5) is 25.8. The number of ether oxygens (including phenoxy) is 1. The fourth-order valence-corrected chi connectivity index (χ4v) is 2.49. The first-order chi connectivity index (χ1) is 7.93. The Balaban J connectivity index is 2.10. The number of nitrogens with one attached hydrogen (secondary N) is 1. The van der Waals surface area contributed by atoms with E-state index in [1.165, 1.54) is 0 Å². The molecule has 5 nitrogen and oxygen atoms in total. The average molecular weight is 240 g/mol. The minimum Gasteiger partial charge on any atom is -0.378 e. The molecule has 96 valence electrons. The van der Waals surface area contributed by atoms with E-state index >= 15 is 0 Å². The van der Waals surface area contributed by atoms with E-state index in [2.05, 4.69) is 5.32 Å². The molecule has 2 fully saturated rings. The van der Waals surface area contributed by atoms with E-state index in [9.17, 15) is 9.59 Å². The molecule has 2 aliphatic heterocycles. The van der Waals surface area contributed by atoms with Gasteiger partial charge in [-0.15, -0.1) is 0 Å². The number of piperazine rings is 1. The lowest BCUT2D eigenvalue weighted by Gasteiger charge is -2.42. The summed E-state index contributed by atoms with van der Waals surface area (Å²) in [5.74, 6) is -0.117. The molecule has 2 amide bonds. The molecule has 0 radical (unpaired) electrons. The lowest BCUT2D eigenvalue weighted by atomic mass is 9.95. The molecular formula is C12H20N2O3. The van der Waals surface area contributed by atoms with Crippen LogP contribution in [0.1, 0.15) is 27.2 Å². The molecule has 0 aromatic rings. The number of amides is 2. The summed E-state index contributed by atoms with van der Waals surface area (Å²) in [7, 11) is 0. The monoisotopic (exact) mass is 240 g/mol. The number of hydrogen-bond acceptors (Lipinski definition) is 3. The van der Waals surface area contributed by atoms with Gasteiger partial charge in [-0.3, -0.25) is 9.59 Å². The topological polar surface area (TPSA) is 58.6 Å². The zero-order valence-corrected chi connectivity index (χ0v) is 10.7. The van der Waals surface area contributed by atoms with Gasteiger partial charge in [0.2, 0.25) is 11.8 Å². The molecule has 2 unspecified atom stereocenters. The molecule has 2 heterocycles. The lowest BCUT2D eigenvalue weighted by molar-refractivity contribution is -0.152. The number of carbonyl (C=O) groups excluding carboxylic acids is 2. The Hall–Kier alpha value is -1.10. The maximum absolute atomic E-state index is 12.4. The predicted octanol–water partition coefficient (Wildman–Crippen LogP) is 0.148. The summed E-state index contributed by atoms with van der Waals surface area (Å²) >= 11 is 0. The fourth-order valence-electron chi connectivity index (χ4n) is 2.49. The van der Waals surface area contributed by atoms with Gasteiger partial charge in [0.15, 0.2) is 0 Å². The molecule has 0 saturated carbocycles. The van der Waals surface area contributed by atoms with Gasteiger partial charge in [-0.05, 0) is 27.2 Å². The van der Waals surface area contributed by atoms with Crippen molar-refractivity contribution < 1.29 is 14.3 Å². The summed E-state index contributed by atoms with van der Waals surface area (Å²) < 4.78 is 5.42. The number of hydrogen-bond donors (Lipinski definition) is 1. The quantitative estimate of drug-likeness (QED) is 0.709. The molecule has 17 heavy (non-hydrogen) atoms. The molecule has 2 aliphatic rings. The fraction of sp³-hybridized carbons (Fsp3) is 0.833. The lowest BCUT2D eigenvalue weighted by Crippen LogP contribution is -2.64. The summed E-state index contributed by atoms with van der Waals surface area (Å²) in [5.41, 5.74) is -0.749. The highest BCUT2D eigenvalue weighted by Crippen LogP contribution is 2.26. The molecule has 0 bridgehead atoms. The third-order valence-corrected chi connectivity index (χ3v) is 3.67. The van der Waals surface area contributed by atoms with Crippen LogP contribution in [0.4, 0.5) is 0 Å². The third kappa shape index (κ3) is 2.16. The first-order valence-corrected chi connectivity index (χ1v) is 6.14. The zero-order chi connectivity index (χ0) is 12.6. The van der Waals surface area contributed by atoms with Crippen LogP contribution in [0.25, 0.3) is 0 Å². The van der Waals surface area contributed by atoms with E-state index in [1.54, 1.807) is 18.7 Å². The van der Waals surface area contributed by atoms with Gasteiger partial charge in [-0.2, -0.15) is 0 Å². The van der Waals surface area contributed by atoms with Crippen LogP contribution >= 0.6 is 0 Å². The van der Waals surface area contributed by atoms with Crippen LogP contribution in [0.5, 0.6) is 0 Å². The molecule has 0 spiro atoms. The molecule has 2 atom stereocenters. The van der Waals surface area contributed by atoms with Crippen molar-refractivity contribution in [2.75, 3.05) is 19.7 Å². The minimum atomic E-state index is -0.749. The van der Waals surface area contributed by atoms with Crippen LogP contribution in [0.15, 0.2) is 0 Å². The second kappa shape index (κ2) is 4.29. The van der Waals surface area contributed by atoms with Crippen molar-refractivity contribution in [3.63, 3.8) is 0 Å². The second-order valence-corrected chi connectivity index (χ2v) is 5.38. The second-order valence-electron chi connectivity index (χ2n) is 5.38. The van der Waals surface area contributed by atoms with Crippen LogP contribution < -0.4 is 5.32 Å². The van der Waals surface area contributed by atoms with Gasteiger partial charge in [0.05, 0.1) is 18.6 Å². The smallest absolute Gasteiger partial charge is 0.245 e. The third-order valence-electron chi connectivity index (χ3n) is 3.67. The van der Waals surface area contributed by atoms with Crippen LogP contribution in [0, 0.1) is 5.92 Å². The van der Waals surface area contributed by atoms with Crippen molar-refractivity contribution in [1.82, 2.24) is 10.2 Å². The molecular weight excluding hydrogens is 220 g/mol. The Kier molecular flexibility index (Phi) is 3.12. The van der Waals surface area contributed by atoms with E-state index in [4.69, 9.17) is 4.74 Å². The van der Waals surface area contributed by atoms with Crippen LogP contribution in [0.2, 0.25) is 0 Å². The maximum atomic E-state index is 12.4. The Morgan fingerprint density at radius 1 is 1.53 bits per heavy atom. The van der Waals surface area contributed by atoms with Crippen molar-refractivity contribution in [2.24, 2.45) is 5.92 Å². The SMILES string of the molecule is CC1CC(C(=O)N2CCNC(=O)C2(C)C)CO1. The van der Waals surface area contributed by atoms with Gasteiger partial charge < -0.3 is 15.0 Å². The van der Waals surface area contributed by atoms with E-state index in [-0.39, 0.29) is 23.8 Å². The number of carbonyl (C=O) groups is 2. The van der Waals surface area contributed by atoms with E-state index in [1.807, 2.05) is 6.92 Å². The van der Waals surface area contributed by atoms with E-state index < -0.39 is 5.54 Å². The molecule has 0 aromatic heterocycles. The summed E-state index contributed by atoms with van der Waals surface area (Å²) in [6, 6.07) is 0. The first kappa shape index (κ1) is 12.4. The van der Waals surface area contributed by atoms with Gasteiger partial charge in [-0.1, -0.05) is 0 Å². The summed E-state index contributed by atoms with van der Waals surface area (Å²) in [5, 5.41) is 2.79. The van der Waals surface area contributed by atoms with Crippen LogP contribution in [-0.4, -0.2) is 48.1 Å².